The van der Waals surface area contributed by atoms with Crippen molar-refractivity contribution in [3.63, 3.8) is 0 Å². The summed E-state index contributed by atoms with van der Waals surface area (Å²) in [5.41, 5.74) is 1.34. The molecule has 1 aliphatic rings. The van der Waals surface area contributed by atoms with Gasteiger partial charge in [-0.25, -0.2) is 4.79 Å². The first-order valence-corrected chi connectivity index (χ1v) is 12.1. The molecule has 0 spiro atoms. The van der Waals surface area contributed by atoms with Crippen molar-refractivity contribution in [3.05, 3.63) is 64.4 Å². The normalized spacial score (nSPS) is 11.7. The first kappa shape index (κ1) is 26.5. The van der Waals surface area contributed by atoms with Crippen LogP contribution in [0.2, 0.25) is 0 Å². The SMILES string of the molecule is COC(=O)Oc1c(-c2ccc3c(c2)OCO3)c2c(OC)c(OC)ccc2n(Cc2cc(OC)ccc2OC)c1=O. The maximum atomic E-state index is 14.2. The molecule has 5 rings (SSSR count). The van der Waals surface area contributed by atoms with Gasteiger partial charge in [-0.1, -0.05) is 6.07 Å². The molecule has 11 heteroatoms. The molecule has 0 saturated heterocycles. The molecule has 1 aromatic heterocycles. The van der Waals surface area contributed by atoms with Crippen LogP contribution < -0.4 is 38.7 Å². The highest BCUT2D eigenvalue weighted by molar-refractivity contribution is 6.04. The quantitative estimate of drug-likeness (QED) is 0.289. The fourth-order valence-corrected chi connectivity index (χ4v) is 4.72. The lowest BCUT2D eigenvalue weighted by Crippen LogP contribution is -2.26. The van der Waals surface area contributed by atoms with Crippen LogP contribution in [0.25, 0.3) is 22.0 Å². The van der Waals surface area contributed by atoms with Crippen molar-refractivity contribution in [2.75, 3.05) is 42.3 Å². The van der Waals surface area contributed by atoms with Gasteiger partial charge in [-0.05, 0) is 48.0 Å². The minimum atomic E-state index is -1.06. The van der Waals surface area contributed by atoms with Crippen LogP contribution in [0.5, 0.6) is 40.2 Å². The standard InChI is InChI=1S/C29H27NO10/c1-33-18-7-10-20(34-2)17(12-18)14-30-19-8-11-22(35-3)26(36-4)25(19)24(27(28(30)31)40-29(32)37-5)16-6-9-21-23(13-16)39-15-38-21/h6-13H,14-15H2,1-5H3. The summed E-state index contributed by atoms with van der Waals surface area (Å²) in [7, 11) is 7.24. The maximum absolute atomic E-state index is 14.2. The third-order valence-electron chi connectivity index (χ3n) is 6.56. The van der Waals surface area contributed by atoms with Gasteiger partial charge in [-0.3, -0.25) is 4.79 Å². The number of aromatic nitrogens is 1. The van der Waals surface area contributed by atoms with Gasteiger partial charge in [0.15, 0.2) is 23.0 Å². The van der Waals surface area contributed by atoms with Gasteiger partial charge < -0.3 is 42.5 Å². The Morgan fingerprint density at radius 2 is 1.57 bits per heavy atom. The smallest absolute Gasteiger partial charge is 0.497 e. The second kappa shape index (κ2) is 11.0. The van der Waals surface area contributed by atoms with Crippen LogP contribution >= 0.6 is 0 Å². The van der Waals surface area contributed by atoms with Crippen LogP contribution in [-0.4, -0.2) is 53.1 Å². The van der Waals surface area contributed by atoms with Crippen molar-refractivity contribution in [1.82, 2.24) is 4.57 Å². The van der Waals surface area contributed by atoms with E-state index < -0.39 is 11.7 Å². The summed E-state index contributed by atoms with van der Waals surface area (Å²) >= 11 is 0. The largest absolute Gasteiger partial charge is 0.513 e. The van der Waals surface area contributed by atoms with Crippen LogP contribution in [0.3, 0.4) is 0 Å². The summed E-state index contributed by atoms with van der Waals surface area (Å²) < 4.78 is 45.1. The molecular formula is C29H27NO10. The summed E-state index contributed by atoms with van der Waals surface area (Å²) in [5, 5.41) is 0.459. The Hall–Kier alpha value is -5.06. The number of fused-ring (bicyclic) bond motifs is 2. The molecule has 3 aromatic carbocycles. The molecule has 11 nitrogen and oxygen atoms in total. The lowest BCUT2D eigenvalue weighted by atomic mass is 9.97. The number of hydrogen-bond donors (Lipinski definition) is 0. The van der Waals surface area contributed by atoms with Gasteiger partial charge >= 0.3 is 6.16 Å². The number of carbonyl (C=O) groups is 1. The predicted molar refractivity (Wildman–Crippen MR) is 145 cm³/mol. The minimum absolute atomic E-state index is 0.0458. The highest BCUT2D eigenvalue weighted by atomic mass is 16.7. The highest BCUT2D eigenvalue weighted by Crippen LogP contribution is 2.46. The summed E-state index contributed by atoms with van der Waals surface area (Å²) in [6.07, 6.45) is -1.06. The van der Waals surface area contributed by atoms with Crippen molar-refractivity contribution in [1.29, 1.82) is 0 Å². The van der Waals surface area contributed by atoms with Crippen molar-refractivity contribution >= 4 is 17.1 Å². The first-order valence-electron chi connectivity index (χ1n) is 12.1. The number of methoxy groups -OCH3 is 5. The number of rotatable bonds is 8. The van der Waals surface area contributed by atoms with E-state index in [1.807, 2.05) is 0 Å². The lowest BCUT2D eigenvalue weighted by Gasteiger charge is -2.21. The number of pyridine rings is 1. The number of hydrogen-bond acceptors (Lipinski definition) is 10. The van der Waals surface area contributed by atoms with Gasteiger partial charge in [-0.2, -0.15) is 0 Å². The van der Waals surface area contributed by atoms with Crippen LogP contribution in [0.15, 0.2) is 53.3 Å². The van der Waals surface area contributed by atoms with E-state index in [0.717, 1.165) is 7.11 Å². The van der Waals surface area contributed by atoms with E-state index in [1.54, 1.807) is 55.6 Å². The molecule has 0 aliphatic carbocycles. The van der Waals surface area contributed by atoms with Gasteiger partial charge in [0.1, 0.15) is 11.5 Å². The van der Waals surface area contributed by atoms with Crippen molar-refractivity contribution in [2.24, 2.45) is 0 Å². The van der Waals surface area contributed by atoms with Crippen molar-refractivity contribution in [2.45, 2.75) is 6.54 Å². The van der Waals surface area contributed by atoms with E-state index >= 15 is 0 Å². The summed E-state index contributed by atoms with van der Waals surface area (Å²) in [5.74, 6) is 2.60. The van der Waals surface area contributed by atoms with Crippen molar-refractivity contribution in [3.8, 4) is 51.4 Å². The van der Waals surface area contributed by atoms with E-state index in [9.17, 15) is 9.59 Å². The Morgan fingerprint density at radius 1 is 0.825 bits per heavy atom. The molecule has 0 radical (unpaired) electrons. The van der Waals surface area contributed by atoms with Crippen LogP contribution in [0.1, 0.15) is 5.56 Å². The second-order valence-electron chi connectivity index (χ2n) is 8.59. The monoisotopic (exact) mass is 549 g/mol. The Morgan fingerprint density at radius 3 is 2.27 bits per heavy atom. The molecule has 0 bridgehead atoms. The zero-order chi connectivity index (χ0) is 28.4. The Labute approximate surface area is 229 Å². The molecular weight excluding hydrogens is 522 g/mol. The molecule has 0 atom stereocenters. The number of nitrogens with zero attached hydrogens (tertiary/aromatic N) is 1. The summed E-state index contributed by atoms with van der Waals surface area (Å²) in [6, 6.07) is 13.9. The van der Waals surface area contributed by atoms with E-state index in [1.165, 1.54) is 25.9 Å². The summed E-state index contributed by atoms with van der Waals surface area (Å²) in [4.78, 5) is 26.6. The molecule has 0 unspecified atom stereocenters. The number of carbonyl (C=O) groups excluding carboxylic acids is 1. The van der Waals surface area contributed by atoms with Gasteiger partial charge in [0.2, 0.25) is 12.5 Å². The molecule has 0 saturated carbocycles. The van der Waals surface area contributed by atoms with Crippen LogP contribution in [0, 0.1) is 0 Å². The zero-order valence-corrected chi connectivity index (χ0v) is 22.6. The fourth-order valence-electron chi connectivity index (χ4n) is 4.72. The summed E-state index contributed by atoms with van der Waals surface area (Å²) in [6.45, 7) is 0.107. The highest BCUT2D eigenvalue weighted by Gasteiger charge is 2.28. The molecule has 1 aliphatic heterocycles. The van der Waals surface area contributed by atoms with Crippen molar-refractivity contribution < 1.29 is 42.7 Å². The molecule has 4 aromatic rings. The topological polar surface area (TPSA) is 113 Å². The first-order chi connectivity index (χ1) is 19.4. The average Bonchev–Trinajstić information content (AvgIpc) is 3.46. The van der Waals surface area contributed by atoms with E-state index in [-0.39, 0.29) is 24.7 Å². The van der Waals surface area contributed by atoms with Gasteiger partial charge in [0, 0.05) is 11.1 Å². The third-order valence-corrected chi connectivity index (χ3v) is 6.56. The van der Waals surface area contributed by atoms with Crippen LogP contribution in [0.4, 0.5) is 4.79 Å². The minimum Gasteiger partial charge on any atom is -0.497 e. The molecule has 0 fully saturated rings. The zero-order valence-electron chi connectivity index (χ0n) is 22.6. The lowest BCUT2D eigenvalue weighted by molar-refractivity contribution is 0.121. The predicted octanol–water partition coefficient (Wildman–Crippen LogP) is 4.63. The molecule has 2 heterocycles. The third kappa shape index (κ3) is 4.55. The Bertz CT molecular complexity index is 1660. The van der Waals surface area contributed by atoms with Crippen LogP contribution in [-0.2, 0) is 11.3 Å². The van der Waals surface area contributed by atoms with E-state index in [2.05, 4.69) is 0 Å². The number of ether oxygens (including phenoxy) is 8. The average molecular weight is 550 g/mol. The Balaban J connectivity index is 1.89. The van der Waals surface area contributed by atoms with Gasteiger partial charge in [0.05, 0.1) is 53.0 Å². The molecule has 0 amide bonds. The molecule has 0 N–H and O–H groups in total. The fraction of sp³-hybridized carbons (Fsp3) is 0.241. The van der Waals surface area contributed by atoms with Gasteiger partial charge in [0.25, 0.3) is 5.56 Å². The molecule has 40 heavy (non-hydrogen) atoms. The Kier molecular flexibility index (Phi) is 7.28. The van der Waals surface area contributed by atoms with Gasteiger partial charge in [-0.15, -0.1) is 0 Å². The molecule has 208 valence electrons. The number of benzene rings is 3. The maximum Gasteiger partial charge on any atom is 0.513 e. The second-order valence-corrected chi connectivity index (χ2v) is 8.59. The van der Waals surface area contributed by atoms with E-state index in [4.69, 9.17) is 37.9 Å². The van der Waals surface area contributed by atoms with E-state index in [0.29, 0.717) is 56.5 Å².